The Bertz CT molecular complexity index is 535. The van der Waals surface area contributed by atoms with Crippen LogP contribution in [0.2, 0.25) is 0 Å². The van der Waals surface area contributed by atoms with Gasteiger partial charge in [-0.15, -0.1) is 0 Å². The summed E-state index contributed by atoms with van der Waals surface area (Å²) >= 11 is 0. The maximum atomic E-state index is 11.1. The van der Waals surface area contributed by atoms with Gasteiger partial charge in [0.1, 0.15) is 6.42 Å². The second-order valence-electron chi connectivity index (χ2n) is 4.12. The third-order valence-corrected chi connectivity index (χ3v) is 2.37. The van der Waals surface area contributed by atoms with Gasteiger partial charge in [-0.05, 0) is 37.1 Å². The first kappa shape index (κ1) is 16.5. The molecule has 0 spiro atoms. The molecule has 0 aromatic heterocycles. The fraction of sp³-hybridized carbons (Fsp3) is 0.400. The minimum absolute atomic E-state index is 0.217. The van der Waals surface area contributed by atoms with Gasteiger partial charge in [0.15, 0.2) is 11.5 Å². The zero-order valence-electron chi connectivity index (χ0n) is 12.3. The van der Waals surface area contributed by atoms with Crippen LogP contribution in [-0.2, 0) is 4.79 Å². The van der Waals surface area contributed by atoms with Gasteiger partial charge in [-0.2, -0.15) is 10.4 Å². The molecule has 0 fully saturated rings. The number of hydrogen-bond acceptors (Lipinski definition) is 5. The highest BCUT2D eigenvalue weighted by Crippen LogP contribution is 2.28. The quantitative estimate of drug-likeness (QED) is 0.587. The lowest BCUT2D eigenvalue weighted by Gasteiger charge is -2.11. The van der Waals surface area contributed by atoms with Crippen molar-refractivity contribution in [3.8, 4) is 17.6 Å². The Morgan fingerprint density at radius 1 is 1.38 bits per heavy atom. The van der Waals surface area contributed by atoms with Crippen molar-refractivity contribution >= 4 is 12.1 Å². The van der Waals surface area contributed by atoms with Gasteiger partial charge >= 0.3 is 0 Å². The molecule has 0 saturated carbocycles. The van der Waals surface area contributed by atoms with E-state index in [1.54, 1.807) is 18.2 Å². The minimum Gasteiger partial charge on any atom is -0.490 e. The molecule has 1 N–H and O–H groups in total. The minimum atomic E-state index is -0.443. The zero-order chi connectivity index (χ0) is 15.5. The van der Waals surface area contributed by atoms with Gasteiger partial charge in [-0.1, -0.05) is 6.92 Å². The highest BCUT2D eigenvalue weighted by atomic mass is 16.5. The molecule has 0 aliphatic carbocycles. The number of carbonyl (C=O) groups is 1. The molecule has 6 heteroatoms. The van der Waals surface area contributed by atoms with E-state index >= 15 is 0 Å². The first-order valence-corrected chi connectivity index (χ1v) is 6.79. The molecule has 0 atom stereocenters. The highest BCUT2D eigenvalue weighted by molar-refractivity contribution is 5.83. The van der Waals surface area contributed by atoms with Crippen molar-refractivity contribution in [1.29, 1.82) is 5.26 Å². The van der Waals surface area contributed by atoms with E-state index < -0.39 is 5.91 Å². The van der Waals surface area contributed by atoms with Gasteiger partial charge in [0.2, 0.25) is 0 Å². The number of hydrogen-bond donors (Lipinski definition) is 1. The van der Waals surface area contributed by atoms with Crippen LogP contribution in [0.1, 0.15) is 32.3 Å². The number of amides is 1. The van der Waals surface area contributed by atoms with Crippen LogP contribution in [0.4, 0.5) is 0 Å². The van der Waals surface area contributed by atoms with E-state index in [9.17, 15) is 4.79 Å². The predicted octanol–water partition coefficient (Wildman–Crippen LogP) is 2.24. The Morgan fingerprint density at radius 3 is 2.86 bits per heavy atom. The lowest BCUT2D eigenvalue weighted by Crippen LogP contribution is -2.16. The van der Waals surface area contributed by atoms with Crippen LogP contribution < -0.4 is 14.9 Å². The molecule has 0 aliphatic rings. The fourth-order valence-corrected chi connectivity index (χ4v) is 1.49. The third kappa shape index (κ3) is 5.95. The molecule has 0 unspecified atom stereocenters. The molecule has 1 amide bonds. The molecular weight excluding hydrogens is 270 g/mol. The standard InChI is InChI=1S/C15H19N3O3/c1-3-9-21-13-6-5-12(10-14(13)20-4-2)11-17-18-15(19)7-8-16/h5-6,10-11H,3-4,7,9H2,1-2H3,(H,18,19)/b17-11-. The number of benzene rings is 1. The summed E-state index contributed by atoms with van der Waals surface area (Å²) in [6.07, 6.45) is 2.19. The second kappa shape index (κ2) is 9.37. The monoisotopic (exact) mass is 289 g/mol. The van der Waals surface area contributed by atoms with Crippen molar-refractivity contribution in [2.45, 2.75) is 26.7 Å². The number of rotatable bonds is 8. The lowest BCUT2D eigenvalue weighted by molar-refractivity contribution is -0.120. The van der Waals surface area contributed by atoms with Crippen LogP contribution in [-0.4, -0.2) is 25.3 Å². The lowest BCUT2D eigenvalue weighted by atomic mass is 10.2. The van der Waals surface area contributed by atoms with Crippen LogP contribution in [0, 0.1) is 11.3 Å². The Kier molecular flexibility index (Phi) is 7.36. The molecule has 0 heterocycles. The summed E-state index contributed by atoms with van der Waals surface area (Å²) in [5.74, 6) is 0.879. The summed E-state index contributed by atoms with van der Waals surface area (Å²) in [6.45, 7) is 5.08. The van der Waals surface area contributed by atoms with E-state index in [4.69, 9.17) is 14.7 Å². The molecule has 21 heavy (non-hydrogen) atoms. The Labute approximate surface area is 124 Å². The Morgan fingerprint density at radius 2 is 2.19 bits per heavy atom. The maximum absolute atomic E-state index is 11.1. The Balaban J connectivity index is 2.75. The van der Waals surface area contributed by atoms with Gasteiger partial charge < -0.3 is 9.47 Å². The van der Waals surface area contributed by atoms with Crippen molar-refractivity contribution in [2.75, 3.05) is 13.2 Å². The number of nitriles is 1. The number of ether oxygens (including phenoxy) is 2. The predicted molar refractivity (Wildman–Crippen MR) is 79.4 cm³/mol. The summed E-state index contributed by atoms with van der Waals surface area (Å²) < 4.78 is 11.1. The molecule has 112 valence electrons. The van der Waals surface area contributed by atoms with Crippen molar-refractivity contribution in [3.63, 3.8) is 0 Å². The van der Waals surface area contributed by atoms with Crippen LogP contribution in [0.3, 0.4) is 0 Å². The number of hydrazone groups is 1. The Hall–Kier alpha value is -2.55. The summed E-state index contributed by atoms with van der Waals surface area (Å²) in [7, 11) is 0. The number of carbonyl (C=O) groups excluding carboxylic acids is 1. The van der Waals surface area contributed by atoms with Gasteiger partial charge in [0, 0.05) is 0 Å². The number of nitrogens with zero attached hydrogens (tertiary/aromatic N) is 2. The second-order valence-corrected chi connectivity index (χ2v) is 4.12. The molecule has 1 rings (SSSR count). The molecular formula is C15H19N3O3. The van der Waals surface area contributed by atoms with Gasteiger partial charge in [0.25, 0.3) is 5.91 Å². The van der Waals surface area contributed by atoms with Crippen LogP contribution in [0.15, 0.2) is 23.3 Å². The van der Waals surface area contributed by atoms with Crippen LogP contribution in [0.5, 0.6) is 11.5 Å². The van der Waals surface area contributed by atoms with Crippen molar-refractivity contribution < 1.29 is 14.3 Å². The zero-order valence-corrected chi connectivity index (χ0v) is 12.3. The van der Waals surface area contributed by atoms with Crippen molar-refractivity contribution in [2.24, 2.45) is 5.10 Å². The first-order valence-electron chi connectivity index (χ1n) is 6.79. The van der Waals surface area contributed by atoms with E-state index in [2.05, 4.69) is 10.5 Å². The van der Waals surface area contributed by atoms with Gasteiger partial charge in [-0.25, -0.2) is 5.43 Å². The summed E-state index contributed by atoms with van der Waals surface area (Å²) in [6, 6.07) is 7.15. The molecule has 0 saturated heterocycles. The van der Waals surface area contributed by atoms with Gasteiger partial charge in [0.05, 0.1) is 25.5 Å². The van der Waals surface area contributed by atoms with E-state index in [-0.39, 0.29) is 6.42 Å². The largest absolute Gasteiger partial charge is 0.490 e. The molecule has 0 aliphatic heterocycles. The average molecular weight is 289 g/mol. The SMILES string of the molecule is CCCOc1ccc(/C=N\NC(=O)CC#N)cc1OCC. The molecule has 0 bridgehead atoms. The molecule has 1 aromatic carbocycles. The normalized spacial score (nSPS) is 10.1. The van der Waals surface area contributed by atoms with Crippen molar-refractivity contribution in [3.05, 3.63) is 23.8 Å². The average Bonchev–Trinajstić information content (AvgIpc) is 2.47. The van der Waals surface area contributed by atoms with Crippen LogP contribution >= 0.6 is 0 Å². The molecule has 6 nitrogen and oxygen atoms in total. The van der Waals surface area contributed by atoms with E-state index in [0.717, 1.165) is 12.0 Å². The smallest absolute Gasteiger partial charge is 0.254 e. The first-order chi connectivity index (χ1) is 10.2. The van der Waals surface area contributed by atoms with E-state index in [0.29, 0.717) is 24.7 Å². The topological polar surface area (TPSA) is 83.7 Å². The maximum Gasteiger partial charge on any atom is 0.254 e. The number of nitrogens with one attached hydrogen (secondary N) is 1. The van der Waals surface area contributed by atoms with E-state index in [1.165, 1.54) is 6.21 Å². The summed E-state index contributed by atoms with van der Waals surface area (Å²) in [5, 5.41) is 12.1. The van der Waals surface area contributed by atoms with E-state index in [1.807, 2.05) is 19.9 Å². The molecule has 1 aromatic rings. The van der Waals surface area contributed by atoms with Crippen molar-refractivity contribution in [1.82, 2.24) is 5.43 Å². The summed E-state index contributed by atoms with van der Waals surface area (Å²) in [4.78, 5) is 11.1. The van der Waals surface area contributed by atoms with Crippen LogP contribution in [0.25, 0.3) is 0 Å². The van der Waals surface area contributed by atoms with Gasteiger partial charge in [-0.3, -0.25) is 4.79 Å². The summed E-state index contributed by atoms with van der Waals surface area (Å²) in [5.41, 5.74) is 3.03. The highest BCUT2D eigenvalue weighted by Gasteiger charge is 2.05. The molecule has 0 radical (unpaired) electrons. The third-order valence-electron chi connectivity index (χ3n) is 2.37. The fourth-order valence-electron chi connectivity index (χ4n) is 1.49.